The van der Waals surface area contributed by atoms with Crippen molar-refractivity contribution in [1.29, 1.82) is 0 Å². The molecule has 2 aromatic rings. The van der Waals surface area contributed by atoms with Gasteiger partial charge in [-0.2, -0.15) is 0 Å². The number of hydrogen-bond donors (Lipinski definition) is 1. The molecule has 7 nitrogen and oxygen atoms in total. The van der Waals surface area contributed by atoms with Crippen LogP contribution in [0.25, 0.3) is 0 Å². The lowest BCUT2D eigenvalue weighted by Crippen LogP contribution is -2.50. The van der Waals surface area contributed by atoms with Crippen molar-refractivity contribution in [2.75, 3.05) is 43.5 Å². The average molecular weight is 313 g/mol. The van der Waals surface area contributed by atoms with Gasteiger partial charge in [-0.25, -0.2) is 14.8 Å². The summed E-state index contributed by atoms with van der Waals surface area (Å²) in [5, 5.41) is 2.90. The fourth-order valence-corrected chi connectivity index (χ4v) is 2.44. The topological polar surface area (TPSA) is 70.6 Å². The fourth-order valence-electron chi connectivity index (χ4n) is 2.44. The number of carbonyl (C=O) groups excluding carboxylic acids is 1. The van der Waals surface area contributed by atoms with Gasteiger partial charge in [0.05, 0.1) is 7.11 Å². The van der Waals surface area contributed by atoms with Crippen molar-refractivity contribution >= 4 is 17.7 Å². The number of hydrogen-bond acceptors (Lipinski definition) is 5. The van der Waals surface area contributed by atoms with Gasteiger partial charge in [-0.3, -0.25) is 0 Å². The van der Waals surface area contributed by atoms with Crippen molar-refractivity contribution in [2.45, 2.75) is 0 Å². The third-order valence-corrected chi connectivity index (χ3v) is 3.74. The van der Waals surface area contributed by atoms with E-state index in [1.54, 1.807) is 30.5 Å². The Hall–Kier alpha value is -2.83. The van der Waals surface area contributed by atoms with Crippen LogP contribution in [-0.2, 0) is 0 Å². The first-order valence-electron chi connectivity index (χ1n) is 7.48. The quantitative estimate of drug-likeness (QED) is 0.936. The number of anilines is 2. The van der Waals surface area contributed by atoms with E-state index in [0.717, 1.165) is 24.5 Å². The molecule has 0 spiro atoms. The molecule has 3 rings (SSSR count). The summed E-state index contributed by atoms with van der Waals surface area (Å²) >= 11 is 0. The minimum Gasteiger partial charge on any atom is -0.497 e. The van der Waals surface area contributed by atoms with E-state index in [1.807, 2.05) is 24.3 Å². The van der Waals surface area contributed by atoms with Crippen LogP contribution in [0.15, 0.2) is 42.7 Å². The van der Waals surface area contributed by atoms with Crippen LogP contribution in [-0.4, -0.2) is 54.2 Å². The molecule has 0 radical (unpaired) electrons. The van der Waals surface area contributed by atoms with Gasteiger partial charge in [0, 0.05) is 44.3 Å². The molecular weight excluding hydrogens is 294 g/mol. The van der Waals surface area contributed by atoms with Crippen LogP contribution in [0.2, 0.25) is 0 Å². The van der Waals surface area contributed by atoms with E-state index in [4.69, 9.17) is 4.74 Å². The molecule has 1 aliphatic heterocycles. The number of piperazine rings is 1. The molecule has 2 heterocycles. The Morgan fingerprint density at radius 2 is 1.74 bits per heavy atom. The maximum absolute atomic E-state index is 12.3. The van der Waals surface area contributed by atoms with Crippen LogP contribution in [0.4, 0.5) is 16.4 Å². The lowest BCUT2D eigenvalue weighted by molar-refractivity contribution is 0.208. The zero-order chi connectivity index (χ0) is 16.1. The third-order valence-electron chi connectivity index (χ3n) is 3.74. The van der Waals surface area contributed by atoms with Crippen molar-refractivity contribution in [3.05, 3.63) is 42.7 Å². The summed E-state index contributed by atoms with van der Waals surface area (Å²) in [6.07, 6.45) is 3.45. The molecule has 0 bridgehead atoms. The Morgan fingerprint density at radius 1 is 1.09 bits per heavy atom. The van der Waals surface area contributed by atoms with Crippen LogP contribution in [0.3, 0.4) is 0 Å². The Bertz CT molecular complexity index is 639. The molecule has 120 valence electrons. The smallest absolute Gasteiger partial charge is 0.321 e. The fraction of sp³-hybridized carbons (Fsp3) is 0.312. The number of aromatic nitrogens is 2. The first-order valence-corrected chi connectivity index (χ1v) is 7.48. The highest BCUT2D eigenvalue weighted by atomic mass is 16.5. The van der Waals surface area contributed by atoms with Crippen molar-refractivity contribution in [2.24, 2.45) is 0 Å². The highest BCUT2D eigenvalue weighted by molar-refractivity contribution is 5.89. The third kappa shape index (κ3) is 3.68. The van der Waals surface area contributed by atoms with E-state index >= 15 is 0 Å². The zero-order valence-corrected chi connectivity index (χ0v) is 13.0. The average Bonchev–Trinajstić information content (AvgIpc) is 2.63. The molecule has 0 aliphatic carbocycles. The minimum absolute atomic E-state index is 0.0937. The summed E-state index contributed by atoms with van der Waals surface area (Å²) in [5.41, 5.74) is 0.754. The van der Waals surface area contributed by atoms with E-state index in [9.17, 15) is 4.79 Å². The Morgan fingerprint density at radius 3 is 2.35 bits per heavy atom. The SMILES string of the molecule is COc1ccc(NC(=O)N2CCN(c3ncccn3)CC2)cc1. The first kappa shape index (κ1) is 15.1. The second kappa shape index (κ2) is 6.95. The van der Waals surface area contributed by atoms with Gasteiger partial charge >= 0.3 is 6.03 Å². The summed E-state index contributed by atoms with van der Waals surface area (Å²) < 4.78 is 5.10. The molecule has 1 N–H and O–H groups in total. The highest BCUT2D eigenvalue weighted by Crippen LogP contribution is 2.16. The van der Waals surface area contributed by atoms with Gasteiger partial charge in [-0.15, -0.1) is 0 Å². The summed E-state index contributed by atoms with van der Waals surface area (Å²) in [6.45, 7) is 2.72. The summed E-state index contributed by atoms with van der Waals surface area (Å²) in [4.78, 5) is 24.7. The lowest BCUT2D eigenvalue weighted by atomic mass is 10.3. The molecule has 0 saturated carbocycles. The van der Waals surface area contributed by atoms with E-state index in [0.29, 0.717) is 19.0 Å². The van der Waals surface area contributed by atoms with Crippen LogP contribution in [0.5, 0.6) is 5.75 Å². The van der Waals surface area contributed by atoms with E-state index < -0.39 is 0 Å². The van der Waals surface area contributed by atoms with E-state index in [1.165, 1.54) is 0 Å². The molecule has 1 aromatic carbocycles. The van der Waals surface area contributed by atoms with E-state index in [-0.39, 0.29) is 6.03 Å². The van der Waals surface area contributed by atoms with Crippen molar-refractivity contribution < 1.29 is 9.53 Å². The molecule has 23 heavy (non-hydrogen) atoms. The largest absolute Gasteiger partial charge is 0.497 e. The zero-order valence-electron chi connectivity index (χ0n) is 13.0. The molecule has 1 saturated heterocycles. The van der Waals surface area contributed by atoms with Crippen LogP contribution >= 0.6 is 0 Å². The molecular formula is C16H19N5O2. The van der Waals surface area contributed by atoms with Gasteiger partial charge in [0.1, 0.15) is 5.75 Å². The number of ether oxygens (including phenoxy) is 1. The molecule has 0 atom stereocenters. The number of nitrogens with one attached hydrogen (secondary N) is 1. The summed E-state index contributed by atoms with van der Waals surface area (Å²) in [5.74, 6) is 1.47. The minimum atomic E-state index is -0.0937. The molecule has 7 heteroatoms. The second-order valence-corrected chi connectivity index (χ2v) is 5.18. The number of rotatable bonds is 3. The second-order valence-electron chi connectivity index (χ2n) is 5.18. The van der Waals surface area contributed by atoms with Crippen LogP contribution in [0.1, 0.15) is 0 Å². The summed E-state index contributed by atoms with van der Waals surface area (Å²) in [7, 11) is 1.61. The first-order chi connectivity index (χ1) is 11.3. The van der Waals surface area contributed by atoms with Crippen molar-refractivity contribution in [3.63, 3.8) is 0 Å². The number of carbonyl (C=O) groups is 1. The molecule has 1 aliphatic rings. The maximum Gasteiger partial charge on any atom is 0.321 e. The van der Waals surface area contributed by atoms with Gasteiger partial charge in [0.25, 0.3) is 0 Å². The Labute approximate surface area is 134 Å². The number of amides is 2. The van der Waals surface area contributed by atoms with Gasteiger partial charge < -0.3 is 19.9 Å². The number of nitrogens with zero attached hydrogens (tertiary/aromatic N) is 4. The maximum atomic E-state index is 12.3. The monoisotopic (exact) mass is 313 g/mol. The van der Waals surface area contributed by atoms with Crippen molar-refractivity contribution in [3.8, 4) is 5.75 Å². The Kier molecular flexibility index (Phi) is 4.56. The predicted octanol–water partition coefficient (Wildman–Crippen LogP) is 1.84. The van der Waals surface area contributed by atoms with Gasteiger partial charge in [0.2, 0.25) is 5.95 Å². The Balaban J connectivity index is 1.53. The number of benzene rings is 1. The number of urea groups is 1. The summed E-state index contributed by atoms with van der Waals surface area (Å²) in [6, 6.07) is 8.99. The van der Waals surface area contributed by atoms with Crippen LogP contribution < -0.4 is 15.0 Å². The highest BCUT2D eigenvalue weighted by Gasteiger charge is 2.22. The molecule has 1 fully saturated rings. The van der Waals surface area contributed by atoms with E-state index in [2.05, 4.69) is 20.2 Å². The molecule has 1 aromatic heterocycles. The van der Waals surface area contributed by atoms with Crippen molar-refractivity contribution in [1.82, 2.24) is 14.9 Å². The van der Waals surface area contributed by atoms with Gasteiger partial charge in [-0.1, -0.05) is 0 Å². The van der Waals surface area contributed by atoms with Gasteiger partial charge in [-0.05, 0) is 30.3 Å². The number of methoxy groups -OCH3 is 1. The van der Waals surface area contributed by atoms with Gasteiger partial charge in [0.15, 0.2) is 0 Å². The molecule has 2 amide bonds. The lowest BCUT2D eigenvalue weighted by Gasteiger charge is -2.34. The van der Waals surface area contributed by atoms with Crippen LogP contribution in [0, 0.1) is 0 Å². The normalized spacial score (nSPS) is 14.5. The molecule has 0 unspecified atom stereocenters. The standard InChI is InChI=1S/C16H19N5O2/c1-23-14-5-3-13(4-6-14)19-16(22)21-11-9-20(10-12-21)15-17-7-2-8-18-15/h2-8H,9-12H2,1H3,(H,19,22). The predicted molar refractivity (Wildman–Crippen MR) is 87.8 cm³/mol.